The molecule has 0 radical (unpaired) electrons. The summed E-state index contributed by atoms with van der Waals surface area (Å²) in [5, 5.41) is 1.17. The Morgan fingerprint density at radius 3 is 2.43 bits per heavy atom. The van der Waals surface area contributed by atoms with Crippen molar-refractivity contribution in [2.24, 2.45) is 0 Å². The lowest BCUT2D eigenvalue weighted by Crippen LogP contribution is -2.40. The molecule has 1 aromatic heterocycles. The van der Waals surface area contributed by atoms with Crippen LogP contribution in [-0.2, 0) is 16.1 Å². The summed E-state index contributed by atoms with van der Waals surface area (Å²) in [4.78, 5) is 16.9. The van der Waals surface area contributed by atoms with Crippen LogP contribution >= 0.6 is 11.6 Å². The molecule has 8 heteroatoms. The molecule has 28 heavy (non-hydrogen) atoms. The molecule has 0 spiro atoms. The van der Waals surface area contributed by atoms with Crippen LogP contribution in [0.2, 0.25) is 5.02 Å². The van der Waals surface area contributed by atoms with Gasteiger partial charge in [-0.2, -0.15) is 0 Å². The summed E-state index contributed by atoms with van der Waals surface area (Å²) in [5.74, 6) is -0.339. The van der Waals surface area contributed by atoms with Crippen LogP contribution in [0.3, 0.4) is 0 Å². The number of fused-ring (bicyclic) bond motifs is 1. The zero-order valence-corrected chi connectivity index (χ0v) is 18.8. The van der Waals surface area contributed by atoms with Crippen molar-refractivity contribution in [1.82, 2.24) is 9.71 Å². The number of methoxy groups -OCH3 is 1. The summed E-state index contributed by atoms with van der Waals surface area (Å²) in [6, 6.07) is 4.88. The van der Waals surface area contributed by atoms with Crippen molar-refractivity contribution >= 4 is 39.8 Å². The third-order valence-corrected chi connectivity index (χ3v) is 5.84. The van der Waals surface area contributed by atoms with Crippen LogP contribution < -0.4 is 9.46 Å². The zero-order chi connectivity index (χ0) is 21.2. The predicted octanol–water partition coefficient (Wildman–Crippen LogP) is 4.57. The van der Waals surface area contributed by atoms with Gasteiger partial charge in [0, 0.05) is 27.3 Å². The van der Waals surface area contributed by atoms with E-state index in [2.05, 4.69) is 9.71 Å². The van der Waals surface area contributed by atoms with Crippen LogP contribution in [0.5, 0.6) is 5.88 Å². The number of hydrogen-bond donors (Lipinski definition) is 1. The normalized spacial score (nSPS) is 14.2. The number of ether oxygens (including phenoxy) is 2. The molecule has 1 unspecified atom stereocenters. The van der Waals surface area contributed by atoms with E-state index >= 15 is 0 Å². The van der Waals surface area contributed by atoms with Gasteiger partial charge in [0.2, 0.25) is 5.88 Å². The number of nitrogens with one attached hydrogen (secondary N) is 1. The van der Waals surface area contributed by atoms with Gasteiger partial charge in [0.05, 0.1) is 24.8 Å². The minimum atomic E-state index is -1.27. The minimum Gasteiger partial charge on any atom is -0.598 e. The Bertz CT molecular complexity index is 867. The van der Waals surface area contributed by atoms with Gasteiger partial charge < -0.3 is 14.0 Å². The number of esters is 1. The van der Waals surface area contributed by atoms with Crippen molar-refractivity contribution in [2.45, 2.75) is 58.4 Å². The molecular weight excluding hydrogens is 400 g/mol. The van der Waals surface area contributed by atoms with Crippen molar-refractivity contribution in [3.05, 3.63) is 34.3 Å². The molecule has 1 aromatic carbocycles. The van der Waals surface area contributed by atoms with Gasteiger partial charge in [-0.3, -0.25) is 0 Å². The van der Waals surface area contributed by atoms with Crippen molar-refractivity contribution in [3.8, 4) is 5.88 Å². The SMILES string of the molecule is COc1nc2c([C@H](C)N[S+]([O-])C(C)(C)C)cc(Cl)cc2cc1C(=O)OC(C)C. The highest BCUT2D eigenvalue weighted by Crippen LogP contribution is 2.32. The Kier molecular flexibility index (Phi) is 7.20. The number of nitrogens with zero attached hydrogens (tertiary/aromatic N) is 1. The Hall–Kier alpha value is -1.54. The Balaban J connectivity index is 2.55. The molecule has 1 heterocycles. The number of halogens is 1. The second-order valence-corrected chi connectivity index (χ2v) is 10.2. The molecule has 0 bridgehead atoms. The first-order valence-electron chi connectivity index (χ1n) is 9.01. The van der Waals surface area contributed by atoms with Crippen LogP contribution in [0.15, 0.2) is 18.2 Å². The highest BCUT2D eigenvalue weighted by Gasteiger charge is 2.29. The molecular formula is C20H27ClN2O4S. The average Bonchev–Trinajstić information content (AvgIpc) is 2.58. The van der Waals surface area contributed by atoms with E-state index in [0.29, 0.717) is 15.9 Å². The summed E-state index contributed by atoms with van der Waals surface area (Å²) < 4.78 is 25.8. The van der Waals surface area contributed by atoms with Gasteiger partial charge in [-0.25, -0.2) is 9.78 Å². The number of hydrogen-bond acceptors (Lipinski definition) is 6. The van der Waals surface area contributed by atoms with Gasteiger partial charge in [-0.15, -0.1) is 4.72 Å². The highest BCUT2D eigenvalue weighted by molar-refractivity contribution is 7.90. The number of benzene rings is 1. The van der Waals surface area contributed by atoms with E-state index in [-0.39, 0.29) is 23.6 Å². The summed E-state index contributed by atoms with van der Waals surface area (Å²) >= 11 is 5.04. The number of pyridine rings is 1. The summed E-state index contributed by atoms with van der Waals surface area (Å²) in [6.45, 7) is 11.1. The summed E-state index contributed by atoms with van der Waals surface area (Å²) in [5.41, 5.74) is 1.62. The minimum absolute atomic E-state index is 0.172. The fraction of sp³-hybridized carbons (Fsp3) is 0.500. The molecule has 2 atom stereocenters. The molecule has 0 aliphatic rings. The van der Waals surface area contributed by atoms with E-state index < -0.39 is 22.1 Å². The van der Waals surface area contributed by atoms with E-state index in [1.165, 1.54) is 7.11 Å². The quantitative estimate of drug-likeness (QED) is 0.537. The van der Waals surface area contributed by atoms with E-state index in [4.69, 9.17) is 21.1 Å². The Morgan fingerprint density at radius 2 is 1.89 bits per heavy atom. The van der Waals surface area contributed by atoms with Crippen LogP contribution in [-0.4, -0.2) is 33.5 Å². The highest BCUT2D eigenvalue weighted by atomic mass is 35.5. The monoisotopic (exact) mass is 426 g/mol. The molecule has 0 saturated carbocycles. The first-order valence-corrected chi connectivity index (χ1v) is 10.5. The molecule has 0 fully saturated rings. The molecule has 154 valence electrons. The first-order chi connectivity index (χ1) is 12.9. The molecule has 2 aromatic rings. The van der Waals surface area contributed by atoms with Crippen LogP contribution in [0.25, 0.3) is 10.9 Å². The summed E-state index contributed by atoms with van der Waals surface area (Å²) in [6.07, 6.45) is -0.264. The molecule has 0 saturated heterocycles. The second-order valence-electron chi connectivity index (χ2n) is 7.79. The van der Waals surface area contributed by atoms with Gasteiger partial charge in [0.15, 0.2) is 0 Å². The molecule has 0 amide bonds. The van der Waals surface area contributed by atoms with Gasteiger partial charge in [0.1, 0.15) is 10.3 Å². The van der Waals surface area contributed by atoms with Crippen LogP contribution in [0.4, 0.5) is 0 Å². The van der Waals surface area contributed by atoms with Crippen LogP contribution in [0.1, 0.15) is 63.5 Å². The number of rotatable bonds is 6. The third-order valence-electron chi connectivity index (χ3n) is 3.94. The smallest absolute Gasteiger partial charge is 0.343 e. The van der Waals surface area contributed by atoms with Gasteiger partial charge in [-0.1, -0.05) is 11.6 Å². The van der Waals surface area contributed by atoms with E-state index in [1.54, 1.807) is 32.0 Å². The van der Waals surface area contributed by atoms with Crippen molar-refractivity contribution < 1.29 is 18.8 Å². The van der Waals surface area contributed by atoms with E-state index in [1.807, 2.05) is 27.7 Å². The fourth-order valence-corrected chi connectivity index (χ4v) is 3.61. The predicted molar refractivity (Wildman–Crippen MR) is 113 cm³/mol. The van der Waals surface area contributed by atoms with Gasteiger partial charge in [-0.05, 0) is 59.7 Å². The van der Waals surface area contributed by atoms with Crippen molar-refractivity contribution in [3.63, 3.8) is 0 Å². The molecule has 1 N–H and O–H groups in total. The van der Waals surface area contributed by atoms with Crippen LogP contribution in [0, 0.1) is 0 Å². The first kappa shape index (κ1) is 22.7. The average molecular weight is 427 g/mol. The Morgan fingerprint density at radius 1 is 1.25 bits per heavy atom. The topological polar surface area (TPSA) is 83.5 Å². The Labute approximate surface area is 174 Å². The molecule has 6 nitrogen and oxygen atoms in total. The maximum Gasteiger partial charge on any atom is 0.343 e. The lowest BCUT2D eigenvalue weighted by atomic mass is 10.0. The molecule has 0 aliphatic heterocycles. The second kappa shape index (κ2) is 8.86. The van der Waals surface area contributed by atoms with Gasteiger partial charge in [0.25, 0.3) is 0 Å². The summed E-state index contributed by atoms with van der Waals surface area (Å²) in [7, 11) is 1.45. The third kappa shape index (κ3) is 5.29. The van der Waals surface area contributed by atoms with E-state index in [9.17, 15) is 9.35 Å². The molecule has 2 rings (SSSR count). The standard InChI is InChI=1S/C20H27ClN2O4S/c1-11(2)27-19(24)16-9-13-8-14(21)10-15(17(13)22-18(16)26-7)12(3)23-28(25)20(4,5)6/h8-12,23H,1-7H3/t12-,28?/m0/s1. The van der Waals surface area contributed by atoms with Crippen molar-refractivity contribution in [2.75, 3.05) is 7.11 Å². The maximum atomic E-state index is 12.5. The maximum absolute atomic E-state index is 12.5. The molecule has 0 aliphatic carbocycles. The largest absolute Gasteiger partial charge is 0.598 e. The number of carbonyl (C=O) groups excluding carboxylic acids is 1. The number of carbonyl (C=O) groups is 1. The lowest BCUT2D eigenvalue weighted by Gasteiger charge is -2.27. The fourth-order valence-electron chi connectivity index (χ4n) is 2.57. The lowest BCUT2D eigenvalue weighted by molar-refractivity contribution is 0.0373. The van der Waals surface area contributed by atoms with E-state index in [0.717, 1.165) is 5.56 Å². The number of aromatic nitrogens is 1. The van der Waals surface area contributed by atoms with Crippen molar-refractivity contribution in [1.29, 1.82) is 0 Å². The zero-order valence-electron chi connectivity index (χ0n) is 17.3. The van der Waals surface area contributed by atoms with Gasteiger partial charge >= 0.3 is 5.97 Å².